The van der Waals surface area contributed by atoms with E-state index in [1.165, 1.54) is 6.08 Å². The SMILES string of the molecule is C=CC(=O)Nc1cccc(NC(=O)Nc2ccnc(Nc3ccc(N4CCC(N(C)C)CC4)cc3OC)n2)c1. The maximum Gasteiger partial charge on any atom is 0.324 e. The highest BCUT2D eigenvalue weighted by Gasteiger charge is 2.21. The van der Waals surface area contributed by atoms with Crippen LogP contribution < -0.4 is 30.9 Å². The second-order valence-corrected chi connectivity index (χ2v) is 9.31. The van der Waals surface area contributed by atoms with Crippen molar-refractivity contribution in [1.29, 1.82) is 0 Å². The molecule has 0 unspecified atom stereocenters. The van der Waals surface area contributed by atoms with Crippen molar-refractivity contribution in [3.63, 3.8) is 0 Å². The smallest absolute Gasteiger partial charge is 0.324 e. The van der Waals surface area contributed by atoms with Crippen LogP contribution in [0.3, 0.4) is 0 Å². The van der Waals surface area contributed by atoms with Crippen LogP contribution in [0.1, 0.15) is 12.8 Å². The summed E-state index contributed by atoms with van der Waals surface area (Å²) in [5.41, 5.74) is 2.85. The lowest BCUT2D eigenvalue weighted by Gasteiger charge is -2.36. The molecule has 0 spiro atoms. The van der Waals surface area contributed by atoms with E-state index < -0.39 is 6.03 Å². The Morgan fingerprint density at radius 1 is 1.05 bits per heavy atom. The van der Waals surface area contributed by atoms with E-state index in [0.717, 1.165) is 31.6 Å². The first-order chi connectivity index (χ1) is 18.8. The van der Waals surface area contributed by atoms with Crippen molar-refractivity contribution in [3.05, 3.63) is 67.4 Å². The van der Waals surface area contributed by atoms with Gasteiger partial charge in [0.15, 0.2) is 0 Å². The van der Waals surface area contributed by atoms with Crippen LogP contribution >= 0.6 is 0 Å². The van der Waals surface area contributed by atoms with Gasteiger partial charge in [-0.25, -0.2) is 9.78 Å². The summed E-state index contributed by atoms with van der Waals surface area (Å²) in [5.74, 6) is 0.944. The standard InChI is InChI=1S/C28H34N8O3/c1-5-26(37)30-19-7-6-8-20(17-19)31-28(38)34-25-11-14-29-27(33-25)32-23-10-9-22(18-24(23)39-4)36-15-12-21(13-16-36)35(2)3/h5-11,14,17-18,21H,1,12-13,15-16H2,2-4H3,(H,30,37)(H3,29,31,32,33,34,38). The number of carbonyl (C=O) groups is 2. The first-order valence-electron chi connectivity index (χ1n) is 12.7. The molecule has 4 rings (SSSR count). The van der Waals surface area contributed by atoms with Crippen LogP contribution in [0.2, 0.25) is 0 Å². The van der Waals surface area contributed by atoms with Gasteiger partial charge in [0.25, 0.3) is 0 Å². The van der Waals surface area contributed by atoms with E-state index >= 15 is 0 Å². The number of aromatic nitrogens is 2. The molecule has 2 aromatic carbocycles. The van der Waals surface area contributed by atoms with E-state index in [4.69, 9.17) is 4.74 Å². The molecule has 0 saturated carbocycles. The molecule has 4 N–H and O–H groups in total. The lowest BCUT2D eigenvalue weighted by molar-refractivity contribution is -0.111. The van der Waals surface area contributed by atoms with Gasteiger partial charge in [-0.3, -0.25) is 10.1 Å². The molecule has 0 aliphatic carbocycles. The number of nitrogens with one attached hydrogen (secondary N) is 4. The second kappa shape index (κ2) is 12.7. The zero-order valence-electron chi connectivity index (χ0n) is 22.4. The van der Waals surface area contributed by atoms with Crippen molar-refractivity contribution in [2.75, 3.05) is 60.5 Å². The number of benzene rings is 2. The fourth-order valence-electron chi connectivity index (χ4n) is 4.38. The quantitative estimate of drug-likeness (QED) is 0.298. The highest BCUT2D eigenvalue weighted by molar-refractivity contribution is 6.01. The van der Waals surface area contributed by atoms with E-state index in [0.29, 0.717) is 40.6 Å². The minimum atomic E-state index is -0.494. The summed E-state index contributed by atoms with van der Waals surface area (Å²) in [7, 11) is 5.90. The molecule has 1 aromatic heterocycles. The van der Waals surface area contributed by atoms with Gasteiger partial charge >= 0.3 is 6.03 Å². The van der Waals surface area contributed by atoms with E-state index in [2.05, 4.69) is 67.8 Å². The van der Waals surface area contributed by atoms with Crippen molar-refractivity contribution >= 4 is 46.5 Å². The third kappa shape index (κ3) is 7.45. The summed E-state index contributed by atoms with van der Waals surface area (Å²) < 4.78 is 5.65. The zero-order chi connectivity index (χ0) is 27.8. The van der Waals surface area contributed by atoms with Gasteiger partial charge < -0.3 is 30.5 Å². The maximum absolute atomic E-state index is 12.6. The molecular formula is C28H34N8O3. The number of hydrogen-bond acceptors (Lipinski definition) is 8. The van der Waals surface area contributed by atoms with Gasteiger partial charge in [0.1, 0.15) is 11.6 Å². The lowest BCUT2D eigenvalue weighted by atomic mass is 10.0. The van der Waals surface area contributed by atoms with Gasteiger partial charge in [-0.05, 0) is 69.4 Å². The molecule has 1 aliphatic heterocycles. The van der Waals surface area contributed by atoms with Gasteiger partial charge in [0, 0.05) is 48.5 Å². The molecule has 39 heavy (non-hydrogen) atoms. The van der Waals surface area contributed by atoms with Crippen molar-refractivity contribution in [2.24, 2.45) is 0 Å². The molecular weight excluding hydrogens is 496 g/mol. The van der Waals surface area contributed by atoms with E-state index in [9.17, 15) is 9.59 Å². The third-order valence-electron chi connectivity index (χ3n) is 6.46. The molecule has 204 valence electrons. The minimum absolute atomic E-state index is 0.305. The Morgan fingerprint density at radius 3 is 2.49 bits per heavy atom. The summed E-state index contributed by atoms with van der Waals surface area (Å²) in [4.78, 5) is 37.4. The molecule has 11 nitrogen and oxygen atoms in total. The summed E-state index contributed by atoms with van der Waals surface area (Å²) in [6.45, 7) is 5.41. The molecule has 1 aliphatic rings. The summed E-state index contributed by atoms with van der Waals surface area (Å²) in [6, 6.07) is 14.5. The Labute approximate surface area is 228 Å². The Balaban J connectivity index is 1.38. The molecule has 2 heterocycles. The first kappa shape index (κ1) is 27.4. The number of carbonyl (C=O) groups excluding carboxylic acids is 2. The van der Waals surface area contributed by atoms with Gasteiger partial charge in [0.05, 0.1) is 12.8 Å². The molecule has 3 amide bonds. The zero-order valence-corrected chi connectivity index (χ0v) is 22.4. The predicted octanol–water partition coefficient (Wildman–Crippen LogP) is 4.53. The molecule has 0 atom stereocenters. The van der Waals surface area contributed by atoms with E-state index in [-0.39, 0.29) is 5.91 Å². The van der Waals surface area contributed by atoms with Crippen LogP contribution in [0.25, 0.3) is 0 Å². The van der Waals surface area contributed by atoms with Crippen LogP contribution in [-0.4, -0.2) is 67.1 Å². The van der Waals surface area contributed by atoms with E-state index in [1.807, 2.05) is 12.1 Å². The topological polar surface area (TPSA) is 124 Å². The fraction of sp³-hybridized carbons (Fsp3) is 0.286. The average molecular weight is 531 g/mol. The number of nitrogens with zero attached hydrogens (tertiary/aromatic N) is 4. The Morgan fingerprint density at radius 2 is 1.79 bits per heavy atom. The van der Waals surface area contributed by atoms with Crippen LogP contribution in [0.15, 0.2) is 67.4 Å². The highest BCUT2D eigenvalue weighted by Crippen LogP contribution is 2.33. The van der Waals surface area contributed by atoms with Crippen LogP contribution in [0.4, 0.5) is 39.3 Å². The minimum Gasteiger partial charge on any atom is -0.494 e. The lowest BCUT2D eigenvalue weighted by Crippen LogP contribution is -2.41. The second-order valence-electron chi connectivity index (χ2n) is 9.31. The Bertz CT molecular complexity index is 1320. The number of amides is 3. The molecule has 1 fully saturated rings. The number of rotatable bonds is 9. The van der Waals surface area contributed by atoms with Gasteiger partial charge in [-0.2, -0.15) is 4.98 Å². The Hall–Kier alpha value is -4.64. The summed E-state index contributed by atoms with van der Waals surface area (Å²) in [6.07, 6.45) is 4.96. The van der Waals surface area contributed by atoms with Crippen molar-refractivity contribution in [1.82, 2.24) is 14.9 Å². The van der Waals surface area contributed by atoms with Crippen LogP contribution in [0, 0.1) is 0 Å². The van der Waals surface area contributed by atoms with Gasteiger partial charge in [0.2, 0.25) is 11.9 Å². The summed E-state index contributed by atoms with van der Waals surface area (Å²) in [5, 5.41) is 11.2. The monoisotopic (exact) mass is 530 g/mol. The first-order valence-corrected chi connectivity index (χ1v) is 12.7. The molecule has 0 radical (unpaired) electrons. The molecule has 3 aromatic rings. The normalized spacial score (nSPS) is 13.5. The van der Waals surface area contributed by atoms with Crippen LogP contribution in [-0.2, 0) is 4.79 Å². The van der Waals surface area contributed by atoms with Gasteiger partial charge in [-0.1, -0.05) is 12.6 Å². The average Bonchev–Trinajstić information content (AvgIpc) is 2.93. The summed E-state index contributed by atoms with van der Waals surface area (Å²) >= 11 is 0. The highest BCUT2D eigenvalue weighted by atomic mass is 16.5. The molecule has 1 saturated heterocycles. The number of methoxy groups -OCH3 is 1. The molecule has 11 heteroatoms. The molecule has 0 bridgehead atoms. The van der Waals surface area contributed by atoms with Gasteiger partial charge in [-0.15, -0.1) is 0 Å². The van der Waals surface area contributed by atoms with Crippen molar-refractivity contribution < 1.29 is 14.3 Å². The largest absolute Gasteiger partial charge is 0.494 e. The maximum atomic E-state index is 12.6. The third-order valence-corrected chi connectivity index (χ3v) is 6.46. The Kier molecular flexibility index (Phi) is 8.95. The number of hydrogen-bond donors (Lipinski definition) is 4. The fourth-order valence-corrected chi connectivity index (χ4v) is 4.38. The number of anilines is 6. The number of piperidine rings is 1. The number of urea groups is 1. The number of ether oxygens (including phenoxy) is 1. The van der Waals surface area contributed by atoms with E-state index in [1.54, 1.807) is 43.6 Å². The van der Waals surface area contributed by atoms with Crippen LogP contribution in [0.5, 0.6) is 5.75 Å². The predicted molar refractivity (Wildman–Crippen MR) is 155 cm³/mol. The van der Waals surface area contributed by atoms with Crippen molar-refractivity contribution in [3.8, 4) is 5.75 Å². The van der Waals surface area contributed by atoms with Crippen molar-refractivity contribution in [2.45, 2.75) is 18.9 Å².